The number of hydrogen-bond acceptors (Lipinski definition) is 6. The Hall–Kier alpha value is -2.86. The van der Waals surface area contributed by atoms with Crippen molar-refractivity contribution in [3.63, 3.8) is 0 Å². The van der Waals surface area contributed by atoms with E-state index in [2.05, 4.69) is 11.9 Å². The van der Waals surface area contributed by atoms with Crippen molar-refractivity contribution >= 4 is 44.7 Å². The van der Waals surface area contributed by atoms with Gasteiger partial charge in [0.1, 0.15) is 11.3 Å². The fourth-order valence-electron chi connectivity index (χ4n) is 3.53. The van der Waals surface area contributed by atoms with Crippen LogP contribution in [0.15, 0.2) is 52.9 Å². The molecule has 0 N–H and O–H groups in total. The molecule has 1 aliphatic carbocycles. The second kappa shape index (κ2) is 7.19. The van der Waals surface area contributed by atoms with Crippen LogP contribution >= 0.6 is 11.8 Å². The summed E-state index contributed by atoms with van der Waals surface area (Å²) in [5.41, 5.74) is 3.73. The molecule has 146 valence electrons. The van der Waals surface area contributed by atoms with Crippen LogP contribution in [0.3, 0.4) is 0 Å². The van der Waals surface area contributed by atoms with Crippen LogP contribution in [0.4, 0.5) is 5.82 Å². The molecule has 2 heterocycles. The minimum atomic E-state index is 0.0645. The zero-order chi connectivity index (χ0) is 20.0. The highest BCUT2D eigenvalue weighted by Crippen LogP contribution is 2.37. The van der Waals surface area contributed by atoms with Gasteiger partial charge in [-0.15, -0.1) is 0 Å². The average molecular weight is 404 g/mol. The van der Waals surface area contributed by atoms with Gasteiger partial charge >= 0.3 is 0 Å². The molecular weight excluding hydrogens is 382 g/mol. The van der Waals surface area contributed by atoms with Crippen molar-refractivity contribution in [3.05, 3.63) is 54.1 Å². The van der Waals surface area contributed by atoms with E-state index in [-0.39, 0.29) is 5.12 Å². The third-order valence-electron chi connectivity index (χ3n) is 5.24. The van der Waals surface area contributed by atoms with E-state index in [9.17, 15) is 4.79 Å². The summed E-state index contributed by atoms with van der Waals surface area (Å²) in [6, 6.07) is 16.0. The number of benzene rings is 2. The van der Waals surface area contributed by atoms with E-state index in [0.717, 1.165) is 52.1 Å². The van der Waals surface area contributed by atoms with Crippen LogP contribution in [-0.4, -0.2) is 33.9 Å². The predicted molar refractivity (Wildman–Crippen MR) is 119 cm³/mol. The number of carbonyl (C=O) groups is 1. The van der Waals surface area contributed by atoms with Crippen molar-refractivity contribution in [2.75, 3.05) is 17.7 Å². The quantitative estimate of drug-likeness (QED) is 0.436. The summed E-state index contributed by atoms with van der Waals surface area (Å²) in [5.74, 6) is 2.26. The smallest absolute Gasteiger partial charge is 0.219 e. The fraction of sp³-hybridized carbons (Fsp3) is 0.261. The van der Waals surface area contributed by atoms with E-state index < -0.39 is 0 Å². The molecule has 5 nitrogen and oxygen atoms in total. The molecule has 0 bridgehead atoms. The lowest BCUT2D eigenvalue weighted by Crippen LogP contribution is -2.22. The highest BCUT2D eigenvalue weighted by Gasteiger charge is 2.30. The first kappa shape index (κ1) is 18.2. The molecule has 4 aromatic rings. The molecule has 0 atom stereocenters. The summed E-state index contributed by atoms with van der Waals surface area (Å²) < 4.78 is 6.10. The zero-order valence-electron chi connectivity index (χ0n) is 16.4. The van der Waals surface area contributed by atoms with Gasteiger partial charge in [-0.2, -0.15) is 0 Å². The molecule has 1 aliphatic rings. The zero-order valence-corrected chi connectivity index (χ0v) is 17.2. The summed E-state index contributed by atoms with van der Waals surface area (Å²) in [4.78, 5) is 24.3. The maximum atomic E-state index is 12.3. The number of aromatic nitrogens is 2. The number of hydrogen-bond donors (Lipinski definition) is 0. The number of para-hydroxylation sites is 1. The largest absolute Gasteiger partial charge is 0.454 e. The van der Waals surface area contributed by atoms with Gasteiger partial charge in [0.15, 0.2) is 11.6 Å². The average Bonchev–Trinajstić information content (AvgIpc) is 3.50. The number of rotatable bonds is 5. The van der Waals surface area contributed by atoms with Gasteiger partial charge in [0.25, 0.3) is 0 Å². The van der Waals surface area contributed by atoms with Crippen molar-refractivity contribution in [1.29, 1.82) is 0 Å². The highest BCUT2D eigenvalue weighted by atomic mass is 32.2. The summed E-state index contributed by atoms with van der Waals surface area (Å²) in [5, 5.41) is 1.11. The van der Waals surface area contributed by atoms with Crippen LogP contribution in [0, 0.1) is 0 Å². The van der Waals surface area contributed by atoms with Crippen LogP contribution in [0.25, 0.3) is 33.5 Å². The molecule has 1 saturated carbocycles. The standard InChI is InChI=1S/C23H21N3O2S/c1-3-29-23(27)15-8-11-17-18(12-15)25-22(26(2)16-9-10-16)21(24-17)20-13-14-6-4-5-7-19(14)28-20/h4-8,11-13,16H,3,9-10H2,1-2H3. The number of furan rings is 1. The Kier molecular flexibility index (Phi) is 4.51. The molecule has 2 aromatic carbocycles. The Labute approximate surface area is 173 Å². The summed E-state index contributed by atoms with van der Waals surface area (Å²) in [6.45, 7) is 1.98. The SMILES string of the molecule is CCSC(=O)c1ccc2nc(-c3cc4ccccc4o3)c(N(C)C3CC3)nc2c1. The van der Waals surface area contributed by atoms with E-state index in [0.29, 0.717) is 17.4 Å². The van der Waals surface area contributed by atoms with Gasteiger partial charge in [-0.3, -0.25) is 4.79 Å². The molecule has 29 heavy (non-hydrogen) atoms. The molecule has 5 rings (SSSR count). The Bertz CT molecular complexity index is 1200. The van der Waals surface area contributed by atoms with Crippen molar-refractivity contribution in [1.82, 2.24) is 9.97 Å². The first-order valence-electron chi connectivity index (χ1n) is 9.84. The van der Waals surface area contributed by atoms with Crippen LogP contribution in [0.2, 0.25) is 0 Å². The van der Waals surface area contributed by atoms with E-state index in [1.807, 2.05) is 55.5 Å². The maximum Gasteiger partial charge on any atom is 0.219 e. The predicted octanol–water partition coefficient (Wildman–Crippen LogP) is 5.53. The summed E-state index contributed by atoms with van der Waals surface area (Å²) >= 11 is 1.31. The molecular formula is C23H21N3O2S. The normalized spacial score (nSPS) is 13.9. The molecule has 6 heteroatoms. The van der Waals surface area contributed by atoms with Gasteiger partial charge in [0, 0.05) is 24.0 Å². The van der Waals surface area contributed by atoms with Gasteiger partial charge < -0.3 is 9.32 Å². The first-order chi connectivity index (χ1) is 14.1. The van der Waals surface area contributed by atoms with Gasteiger partial charge in [0.2, 0.25) is 5.12 Å². The van der Waals surface area contributed by atoms with Gasteiger partial charge in [-0.25, -0.2) is 9.97 Å². The van der Waals surface area contributed by atoms with Crippen LogP contribution < -0.4 is 4.90 Å². The third-order valence-corrected chi connectivity index (χ3v) is 6.03. The second-order valence-electron chi connectivity index (χ2n) is 7.31. The van der Waals surface area contributed by atoms with E-state index in [4.69, 9.17) is 14.4 Å². The number of nitrogens with zero attached hydrogens (tertiary/aromatic N) is 3. The highest BCUT2D eigenvalue weighted by molar-refractivity contribution is 8.14. The Balaban J connectivity index is 1.68. The van der Waals surface area contributed by atoms with E-state index in [1.165, 1.54) is 11.8 Å². The molecule has 2 aromatic heterocycles. The first-order valence-corrected chi connectivity index (χ1v) is 10.8. The van der Waals surface area contributed by atoms with Crippen LogP contribution in [-0.2, 0) is 0 Å². The van der Waals surface area contributed by atoms with Gasteiger partial charge in [0.05, 0.1) is 11.0 Å². The number of fused-ring (bicyclic) bond motifs is 2. The summed E-state index contributed by atoms with van der Waals surface area (Å²) in [6.07, 6.45) is 2.31. The van der Waals surface area contributed by atoms with Crippen molar-refractivity contribution in [3.8, 4) is 11.5 Å². The topological polar surface area (TPSA) is 59.2 Å². The number of thioether (sulfide) groups is 1. The molecule has 1 fully saturated rings. The Morgan fingerprint density at radius 2 is 1.97 bits per heavy atom. The van der Waals surface area contributed by atoms with Gasteiger partial charge in [-0.1, -0.05) is 36.9 Å². The molecule has 0 amide bonds. The number of carbonyl (C=O) groups excluding carboxylic acids is 1. The lowest BCUT2D eigenvalue weighted by molar-refractivity contribution is 0.108. The van der Waals surface area contributed by atoms with Crippen LogP contribution in [0.5, 0.6) is 0 Å². The maximum absolute atomic E-state index is 12.3. The summed E-state index contributed by atoms with van der Waals surface area (Å²) in [7, 11) is 2.06. The van der Waals surface area contributed by atoms with Gasteiger partial charge in [-0.05, 0) is 48.9 Å². The van der Waals surface area contributed by atoms with Crippen molar-refractivity contribution < 1.29 is 9.21 Å². The molecule has 0 spiro atoms. The molecule has 0 radical (unpaired) electrons. The monoisotopic (exact) mass is 403 g/mol. The lowest BCUT2D eigenvalue weighted by Gasteiger charge is -2.20. The van der Waals surface area contributed by atoms with Crippen molar-refractivity contribution in [2.45, 2.75) is 25.8 Å². The minimum Gasteiger partial charge on any atom is -0.454 e. The third kappa shape index (κ3) is 3.38. The molecule has 0 saturated heterocycles. The van der Waals surface area contributed by atoms with Crippen LogP contribution in [0.1, 0.15) is 30.1 Å². The Morgan fingerprint density at radius 3 is 2.72 bits per heavy atom. The number of anilines is 1. The fourth-order valence-corrected chi connectivity index (χ4v) is 4.09. The van der Waals surface area contributed by atoms with E-state index in [1.54, 1.807) is 0 Å². The Morgan fingerprint density at radius 1 is 1.14 bits per heavy atom. The van der Waals surface area contributed by atoms with E-state index >= 15 is 0 Å². The molecule has 0 aliphatic heterocycles. The second-order valence-corrected chi connectivity index (χ2v) is 8.55. The molecule has 0 unspecified atom stereocenters. The minimum absolute atomic E-state index is 0.0645. The van der Waals surface area contributed by atoms with Crippen molar-refractivity contribution in [2.24, 2.45) is 0 Å². The lowest BCUT2D eigenvalue weighted by atomic mass is 10.2.